The van der Waals surface area contributed by atoms with Crippen LogP contribution in [0.1, 0.15) is 181 Å². The molecule has 59 heavy (non-hydrogen) atoms. The number of unbranched alkanes of at least 4 members (excludes halogenated alkanes) is 17. The van der Waals surface area contributed by atoms with Crippen LogP contribution < -0.4 is 0 Å². The van der Waals surface area contributed by atoms with Crippen LogP contribution in [0.25, 0.3) is 0 Å². The van der Waals surface area contributed by atoms with E-state index in [4.69, 9.17) is 18.5 Å². The summed E-state index contributed by atoms with van der Waals surface area (Å²) < 4.78 is 35.0. The zero-order valence-corrected chi connectivity index (χ0v) is 39.6. The van der Waals surface area contributed by atoms with Crippen LogP contribution in [0.15, 0.2) is 72.9 Å². The third-order valence-electron chi connectivity index (χ3n) is 9.75. The van der Waals surface area contributed by atoms with E-state index in [1.165, 1.54) is 96.3 Å². The standard InChI is InChI=1S/C50H90NO7P/c1-6-8-10-12-14-16-18-20-22-23-24-25-26-27-28-30-32-34-36-38-40-42-45-55-47-49(48-57-59(53,54)56-46-44-51(3,4)5)58-50(52)43-41-39-37-35-33-31-29-21-19-17-15-13-11-9-7-2/h9,11,15,17-18,20-21,23-24,29,33,35,49H,6-8,10,12-14,16,19,22,25-28,30-32,34,36-48H2,1-5H3/p+1/b11-9-,17-15-,20-18-,24-23-,29-21-,35-33-. The van der Waals surface area contributed by atoms with Gasteiger partial charge in [0.1, 0.15) is 19.3 Å². The van der Waals surface area contributed by atoms with E-state index >= 15 is 0 Å². The zero-order valence-electron chi connectivity index (χ0n) is 38.7. The second kappa shape index (κ2) is 42.6. The molecule has 0 aliphatic heterocycles. The van der Waals surface area contributed by atoms with E-state index < -0.39 is 13.9 Å². The number of esters is 1. The molecule has 0 amide bonds. The maximum absolute atomic E-state index is 12.7. The SMILES string of the molecule is CC/C=C\C/C=C\C/C=C\C/C=C\CCCCC(=O)OC(COCCCCCCCCCCCC/C=C\C/C=C\CCCCCCC)COP(=O)(O)OCC[N+](C)(C)C. The average Bonchev–Trinajstić information content (AvgIpc) is 3.19. The molecule has 0 radical (unpaired) electrons. The Labute approximate surface area is 363 Å². The fourth-order valence-corrected chi connectivity index (χ4v) is 6.84. The Morgan fingerprint density at radius 3 is 1.47 bits per heavy atom. The lowest BCUT2D eigenvalue weighted by molar-refractivity contribution is -0.870. The van der Waals surface area contributed by atoms with Gasteiger partial charge in [0.15, 0.2) is 0 Å². The number of rotatable bonds is 43. The normalized spacial score (nSPS) is 14.3. The number of nitrogens with zero attached hydrogens (tertiary/aromatic N) is 1. The minimum atomic E-state index is -4.29. The molecule has 8 nitrogen and oxygen atoms in total. The Morgan fingerprint density at radius 1 is 0.542 bits per heavy atom. The number of ether oxygens (including phenoxy) is 2. The summed E-state index contributed by atoms with van der Waals surface area (Å²) in [5.41, 5.74) is 0. The molecular formula is C50H91NO7P+. The van der Waals surface area contributed by atoms with Crippen LogP contribution in [0.3, 0.4) is 0 Å². The number of allylic oxidation sites excluding steroid dienone is 12. The number of hydrogen-bond donors (Lipinski definition) is 1. The number of phosphoric acid groups is 1. The summed E-state index contributed by atoms with van der Waals surface area (Å²) in [5, 5.41) is 0. The van der Waals surface area contributed by atoms with Gasteiger partial charge in [0.2, 0.25) is 0 Å². The number of carbonyl (C=O) groups is 1. The fourth-order valence-electron chi connectivity index (χ4n) is 6.10. The summed E-state index contributed by atoms with van der Waals surface area (Å²) in [6.45, 7) is 5.42. The van der Waals surface area contributed by atoms with Crippen LogP contribution in [-0.4, -0.2) is 75.6 Å². The molecule has 0 rings (SSSR count). The number of phosphoric ester groups is 1. The monoisotopic (exact) mass is 849 g/mol. The first-order chi connectivity index (χ1) is 28.6. The van der Waals surface area contributed by atoms with Gasteiger partial charge in [-0.3, -0.25) is 13.8 Å². The molecule has 2 unspecified atom stereocenters. The lowest BCUT2D eigenvalue weighted by Crippen LogP contribution is -2.37. The van der Waals surface area contributed by atoms with Crippen molar-refractivity contribution < 1.29 is 37.3 Å². The molecule has 342 valence electrons. The van der Waals surface area contributed by atoms with E-state index in [0.717, 1.165) is 57.8 Å². The van der Waals surface area contributed by atoms with Crippen LogP contribution >= 0.6 is 7.82 Å². The first-order valence-corrected chi connectivity index (χ1v) is 25.2. The summed E-state index contributed by atoms with van der Waals surface area (Å²) in [4.78, 5) is 22.9. The maximum Gasteiger partial charge on any atom is 0.472 e. The van der Waals surface area contributed by atoms with Gasteiger partial charge < -0.3 is 18.9 Å². The largest absolute Gasteiger partial charge is 0.472 e. The minimum Gasteiger partial charge on any atom is -0.457 e. The second-order valence-electron chi connectivity index (χ2n) is 16.8. The quantitative estimate of drug-likeness (QED) is 0.0215. The molecule has 0 heterocycles. The summed E-state index contributed by atoms with van der Waals surface area (Å²) in [6.07, 6.45) is 55.2. The van der Waals surface area contributed by atoms with Crippen LogP contribution in [-0.2, 0) is 27.9 Å². The molecule has 0 bridgehead atoms. The number of carbonyl (C=O) groups excluding carboxylic acids is 1. The van der Waals surface area contributed by atoms with Crippen molar-refractivity contribution in [2.75, 3.05) is 54.1 Å². The Balaban J connectivity index is 4.23. The summed E-state index contributed by atoms with van der Waals surface area (Å²) in [5.74, 6) is -0.357. The van der Waals surface area contributed by atoms with Gasteiger partial charge in [0.05, 0.1) is 34.4 Å². The highest BCUT2D eigenvalue weighted by molar-refractivity contribution is 7.47. The molecule has 0 aromatic rings. The van der Waals surface area contributed by atoms with Gasteiger partial charge in [0, 0.05) is 13.0 Å². The Kier molecular flexibility index (Phi) is 41.1. The highest BCUT2D eigenvalue weighted by Gasteiger charge is 2.26. The van der Waals surface area contributed by atoms with E-state index in [9.17, 15) is 14.3 Å². The maximum atomic E-state index is 12.7. The van der Waals surface area contributed by atoms with Crippen LogP contribution in [0.4, 0.5) is 0 Å². The van der Waals surface area contributed by atoms with E-state index in [0.29, 0.717) is 24.1 Å². The number of hydrogen-bond acceptors (Lipinski definition) is 6. The lowest BCUT2D eigenvalue weighted by Gasteiger charge is -2.24. The summed E-state index contributed by atoms with van der Waals surface area (Å²) in [7, 11) is 1.63. The van der Waals surface area contributed by atoms with Crippen molar-refractivity contribution in [2.24, 2.45) is 0 Å². The Hall–Kier alpha value is -2.06. The molecule has 0 aliphatic carbocycles. The van der Waals surface area contributed by atoms with E-state index in [1.807, 2.05) is 21.1 Å². The van der Waals surface area contributed by atoms with Gasteiger partial charge >= 0.3 is 13.8 Å². The van der Waals surface area contributed by atoms with Crippen molar-refractivity contribution in [3.63, 3.8) is 0 Å². The van der Waals surface area contributed by atoms with Crippen LogP contribution in [0.2, 0.25) is 0 Å². The molecule has 0 aromatic heterocycles. The van der Waals surface area contributed by atoms with Gasteiger partial charge in [-0.15, -0.1) is 0 Å². The van der Waals surface area contributed by atoms with Gasteiger partial charge in [-0.2, -0.15) is 0 Å². The predicted octanol–water partition coefficient (Wildman–Crippen LogP) is 14.3. The Morgan fingerprint density at radius 2 is 0.983 bits per heavy atom. The van der Waals surface area contributed by atoms with Crippen molar-refractivity contribution in [1.29, 1.82) is 0 Å². The molecule has 9 heteroatoms. The fraction of sp³-hybridized carbons (Fsp3) is 0.740. The van der Waals surface area contributed by atoms with E-state index in [1.54, 1.807) is 0 Å². The van der Waals surface area contributed by atoms with Gasteiger partial charge in [-0.1, -0.05) is 164 Å². The second-order valence-corrected chi connectivity index (χ2v) is 18.2. The molecule has 0 fully saturated rings. The van der Waals surface area contributed by atoms with Crippen molar-refractivity contribution in [3.05, 3.63) is 72.9 Å². The summed E-state index contributed by atoms with van der Waals surface area (Å²) in [6, 6.07) is 0. The van der Waals surface area contributed by atoms with Gasteiger partial charge in [0.25, 0.3) is 0 Å². The average molecular weight is 849 g/mol. The molecule has 1 N–H and O–H groups in total. The highest BCUT2D eigenvalue weighted by Crippen LogP contribution is 2.43. The highest BCUT2D eigenvalue weighted by atomic mass is 31.2. The first kappa shape index (κ1) is 56.9. The first-order valence-electron chi connectivity index (χ1n) is 23.7. The van der Waals surface area contributed by atoms with E-state index in [2.05, 4.69) is 86.8 Å². The third kappa shape index (κ3) is 46.9. The Bertz CT molecular complexity index is 1170. The number of quaternary nitrogens is 1. The van der Waals surface area contributed by atoms with Crippen molar-refractivity contribution in [1.82, 2.24) is 0 Å². The molecule has 0 saturated carbocycles. The molecule has 0 spiro atoms. The van der Waals surface area contributed by atoms with Crippen molar-refractivity contribution in [3.8, 4) is 0 Å². The zero-order chi connectivity index (χ0) is 43.4. The van der Waals surface area contributed by atoms with Crippen LogP contribution in [0.5, 0.6) is 0 Å². The van der Waals surface area contributed by atoms with E-state index in [-0.39, 0.29) is 32.2 Å². The predicted molar refractivity (Wildman–Crippen MR) is 252 cm³/mol. The molecular weight excluding hydrogens is 758 g/mol. The van der Waals surface area contributed by atoms with Crippen molar-refractivity contribution in [2.45, 2.75) is 187 Å². The topological polar surface area (TPSA) is 91.3 Å². The minimum absolute atomic E-state index is 0.0765. The molecule has 0 saturated heterocycles. The third-order valence-corrected chi connectivity index (χ3v) is 10.7. The lowest BCUT2D eigenvalue weighted by atomic mass is 10.1. The molecule has 0 aliphatic rings. The summed E-state index contributed by atoms with van der Waals surface area (Å²) >= 11 is 0. The molecule has 2 atom stereocenters. The molecule has 0 aromatic carbocycles. The number of likely N-dealkylation sites (N-methyl/N-ethyl adjacent to an activating group) is 1. The van der Waals surface area contributed by atoms with Crippen molar-refractivity contribution >= 4 is 13.8 Å². The smallest absolute Gasteiger partial charge is 0.457 e. The van der Waals surface area contributed by atoms with Crippen LogP contribution in [0, 0.1) is 0 Å². The van der Waals surface area contributed by atoms with Gasteiger partial charge in [-0.25, -0.2) is 4.57 Å². The van der Waals surface area contributed by atoms with Gasteiger partial charge in [-0.05, 0) is 83.5 Å².